The molecule has 1 aromatic heterocycles. The number of aromatic nitrogens is 1. The molecule has 10 heavy (non-hydrogen) atoms. The average Bonchev–Trinajstić information content (AvgIpc) is 2.37. The van der Waals surface area contributed by atoms with E-state index in [1.165, 1.54) is 0 Å². The van der Waals surface area contributed by atoms with Crippen molar-refractivity contribution in [1.29, 1.82) is 0 Å². The summed E-state index contributed by atoms with van der Waals surface area (Å²) in [5.41, 5.74) is 0.534. The molecule has 1 aromatic rings. The first kappa shape index (κ1) is 7.24. The highest BCUT2D eigenvalue weighted by Crippen LogP contribution is 2.03. The summed E-state index contributed by atoms with van der Waals surface area (Å²) in [5, 5.41) is 12.1. The summed E-state index contributed by atoms with van der Waals surface area (Å²) in [6.07, 6.45) is 0. The van der Waals surface area contributed by atoms with E-state index in [9.17, 15) is 0 Å². The van der Waals surface area contributed by atoms with Gasteiger partial charge in [-0.15, -0.1) is 0 Å². The smallest absolute Gasteiger partial charge is 0.162 e. The van der Waals surface area contributed by atoms with Gasteiger partial charge in [-0.05, 0) is 0 Å². The van der Waals surface area contributed by atoms with Crippen molar-refractivity contribution in [3.63, 3.8) is 0 Å². The van der Waals surface area contributed by atoms with Gasteiger partial charge in [0.25, 0.3) is 0 Å². The second kappa shape index (κ2) is 3.34. The van der Waals surface area contributed by atoms with Gasteiger partial charge in [0.15, 0.2) is 5.76 Å². The highest BCUT2D eigenvalue weighted by molar-refractivity contribution is 5.02. The summed E-state index contributed by atoms with van der Waals surface area (Å²) in [5.74, 6) is 0.631. The molecule has 0 spiro atoms. The molecular weight excluding hydrogens is 134 g/mol. The number of aliphatic hydroxyl groups excluding tert-OH is 1. The first-order chi connectivity index (χ1) is 4.86. The molecule has 4 heteroatoms. The highest BCUT2D eigenvalue weighted by atomic mass is 16.5. The number of hydrogen-bond acceptors (Lipinski definition) is 4. The second-order valence-electron chi connectivity index (χ2n) is 1.88. The minimum absolute atomic E-state index is 0.0901. The molecule has 0 saturated carbocycles. The quantitative estimate of drug-likeness (QED) is 0.661. The van der Waals surface area contributed by atoms with Crippen molar-refractivity contribution in [2.45, 2.75) is 13.2 Å². The largest absolute Gasteiger partial charge is 0.390 e. The van der Waals surface area contributed by atoms with Crippen LogP contribution in [0, 0.1) is 0 Å². The second-order valence-corrected chi connectivity index (χ2v) is 1.88. The monoisotopic (exact) mass is 143 g/mol. The lowest BCUT2D eigenvalue weighted by atomic mass is 10.4. The molecule has 0 aliphatic carbocycles. The highest BCUT2D eigenvalue weighted by Gasteiger charge is 2.00. The van der Waals surface area contributed by atoms with E-state index in [0.29, 0.717) is 18.1 Å². The fraction of sp³-hybridized carbons (Fsp3) is 0.500. The SMILES string of the molecule is COCc1cc(CO)no1. The van der Waals surface area contributed by atoms with Crippen molar-refractivity contribution in [3.8, 4) is 0 Å². The van der Waals surface area contributed by atoms with E-state index in [-0.39, 0.29) is 6.61 Å². The van der Waals surface area contributed by atoms with Crippen LogP contribution in [-0.4, -0.2) is 17.4 Å². The lowest BCUT2D eigenvalue weighted by Crippen LogP contribution is -1.82. The number of hydrogen-bond donors (Lipinski definition) is 1. The molecule has 0 unspecified atom stereocenters. The van der Waals surface area contributed by atoms with Crippen LogP contribution in [0.4, 0.5) is 0 Å². The molecule has 1 N–H and O–H groups in total. The van der Waals surface area contributed by atoms with Gasteiger partial charge in [0.1, 0.15) is 12.3 Å². The molecule has 0 amide bonds. The van der Waals surface area contributed by atoms with Gasteiger partial charge in [-0.2, -0.15) is 0 Å². The number of methoxy groups -OCH3 is 1. The van der Waals surface area contributed by atoms with Crippen LogP contribution in [0.1, 0.15) is 11.5 Å². The lowest BCUT2D eigenvalue weighted by Gasteiger charge is -1.87. The molecule has 0 aliphatic rings. The average molecular weight is 143 g/mol. The van der Waals surface area contributed by atoms with Crippen molar-refractivity contribution in [2.24, 2.45) is 0 Å². The van der Waals surface area contributed by atoms with Crippen molar-refractivity contribution in [2.75, 3.05) is 7.11 Å². The number of nitrogens with zero attached hydrogens (tertiary/aromatic N) is 1. The first-order valence-electron chi connectivity index (χ1n) is 2.91. The summed E-state index contributed by atoms with van der Waals surface area (Å²) in [6, 6.07) is 1.66. The zero-order valence-electron chi connectivity index (χ0n) is 5.70. The number of rotatable bonds is 3. The Hall–Kier alpha value is -0.870. The lowest BCUT2D eigenvalue weighted by molar-refractivity contribution is 0.155. The van der Waals surface area contributed by atoms with E-state index in [0.717, 1.165) is 0 Å². The first-order valence-corrected chi connectivity index (χ1v) is 2.91. The van der Waals surface area contributed by atoms with E-state index < -0.39 is 0 Å². The summed E-state index contributed by atoms with van der Waals surface area (Å²) < 4.78 is 9.53. The molecule has 56 valence electrons. The van der Waals surface area contributed by atoms with Crippen LogP contribution in [0.15, 0.2) is 10.6 Å². The Bertz CT molecular complexity index is 197. The molecule has 0 radical (unpaired) electrons. The van der Waals surface area contributed by atoms with Crippen LogP contribution >= 0.6 is 0 Å². The van der Waals surface area contributed by atoms with Gasteiger partial charge in [0.05, 0.1) is 6.61 Å². The molecule has 0 aliphatic heterocycles. The van der Waals surface area contributed by atoms with Gasteiger partial charge in [0, 0.05) is 13.2 Å². The standard InChI is InChI=1S/C6H9NO3/c1-9-4-6-2-5(3-8)7-10-6/h2,8H,3-4H2,1H3. The topological polar surface area (TPSA) is 55.5 Å². The fourth-order valence-corrected chi connectivity index (χ4v) is 0.641. The molecule has 0 aromatic carbocycles. The molecule has 1 heterocycles. The molecule has 0 atom stereocenters. The zero-order chi connectivity index (χ0) is 7.40. The van der Waals surface area contributed by atoms with Crippen molar-refractivity contribution >= 4 is 0 Å². The van der Waals surface area contributed by atoms with Crippen molar-refractivity contribution in [1.82, 2.24) is 5.16 Å². The number of ether oxygens (including phenoxy) is 1. The van der Waals surface area contributed by atoms with Crippen LogP contribution in [0.2, 0.25) is 0 Å². The predicted octanol–water partition coefficient (Wildman–Crippen LogP) is 0.313. The van der Waals surface area contributed by atoms with Gasteiger partial charge < -0.3 is 14.4 Å². The summed E-state index contributed by atoms with van der Waals surface area (Å²) >= 11 is 0. The van der Waals surface area contributed by atoms with E-state index >= 15 is 0 Å². The third-order valence-electron chi connectivity index (χ3n) is 1.06. The van der Waals surface area contributed by atoms with E-state index in [4.69, 9.17) is 14.4 Å². The van der Waals surface area contributed by atoms with Crippen LogP contribution in [0.25, 0.3) is 0 Å². The third kappa shape index (κ3) is 1.55. The van der Waals surface area contributed by atoms with Gasteiger partial charge in [-0.3, -0.25) is 0 Å². The zero-order valence-corrected chi connectivity index (χ0v) is 5.70. The van der Waals surface area contributed by atoms with Gasteiger partial charge in [-0.1, -0.05) is 5.16 Å². The number of aliphatic hydroxyl groups is 1. The predicted molar refractivity (Wildman–Crippen MR) is 33.1 cm³/mol. The Morgan fingerprint density at radius 2 is 2.60 bits per heavy atom. The van der Waals surface area contributed by atoms with E-state index in [1.807, 2.05) is 0 Å². The van der Waals surface area contributed by atoms with E-state index in [2.05, 4.69) is 5.16 Å². The normalized spacial score (nSPS) is 10.2. The van der Waals surface area contributed by atoms with Crippen molar-refractivity contribution in [3.05, 3.63) is 17.5 Å². The molecule has 4 nitrogen and oxygen atoms in total. The van der Waals surface area contributed by atoms with Crippen LogP contribution < -0.4 is 0 Å². The van der Waals surface area contributed by atoms with Crippen LogP contribution in [-0.2, 0) is 18.0 Å². The maximum absolute atomic E-state index is 8.56. The summed E-state index contributed by atoms with van der Waals surface area (Å²) in [6.45, 7) is 0.306. The van der Waals surface area contributed by atoms with Crippen molar-refractivity contribution < 1.29 is 14.4 Å². The van der Waals surface area contributed by atoms with Gasteiger partial charge >= 0.3 is 0 Å². The summed E-state index contributed by atoms with van der Waals surface area (Å²) in [7, 11) is 1.57. The molecule has 0 bridgehead atoms. The fourth-order valence-electron chi connectivity index (χ4n) is 0.641. The third-order valence-corrected chi connectivity index (χ3v) is 1.06. The Morgan fingerprint density at radius 3 is 3.10 bits per heavy atom. The van der Waals surface area contributed by atoms with Gasteiger partial charge in [-0.25, -0.2) is 0 Å². The molecule has 1 rings (SSSR count). The van der Waals surface area contributed by atoms with E-state index in [1.54, 1.807) is 13.2 Å². The van der Waals surface area contributed by atoms with Crippen LogP contribution in [0.5, 0.6) is 0 Å². The van der Waals surface area contributed by atoms with Gasteiger partial charge in [0.2, 0.25) is 0 Å². The Morgan fingerprint density at radius 1 is 1.80 bits per heavy atom. The molecule has 0 saturated heterocycles. The maximum Gasteiger partial charge on any atom is 0.162 e. The molecule has 0 fully saturated rings. The minimum atomic E-state index is -0.0901. The Labute approximate surface area is 58.4 Å². The summed E-state index contributed by atoms with van der Waals surface area (Å²) in [4.78, 5) is 0. The maximum atomic E-state index is 8.56. The Kier molecular flexibility index (Phi) is 2.42. The molecular formula is C6H9NO3. The minimum Gasteiger partial charge on any atom is -0.390 e. The Balaban J connectivity index is 2.59. The van der Waals surface area contributed by atoms with Crippen LogP contribution in [0.3, 0.4) is 0 Å².